The number of cyclic esters (lactones) is 1. The maximum absolute atomic E-state index is 10.7. The Hall–Kier alpha value is -1.09. The number of aliphatic hydroxyl groups is 1. The minimum Gasteiger partial charge on any atom is -0.459 e. The Morgan fingerprint density at radius 1 is 1.62 bits per heavy atom. The molecule has 0 aromatic rings. The van der Waals surface area contributed by atoms with Gasteiger partial charge in [-0.25, -0.2) is 0 Å². The quantitative estimate of drug-likeness (QED) is 0.526. The van der Waals surface area contributed by atoms with E-state index in [1.54, 1.807) is 12.2 Å². The third-order valence-corrected chi connectivity index (χ3v) is 1.91. The zero-order valence-corrected chi connectivity index (χ0v) is 7.64. The molecular weight excluding hydrogens is 168 g/mol. The van der Waals surface area contributed by atoms with Crippen molar-refractivity contribution in [2.45, 2.75) is 32.0 Å². The molecule has 0 saturated carbocycles. The van der Waals surface area contributed by atoms with Gasteiger partial charge in [-0.05, 0) is 13.3 Å². The van der Waals surface area contributed by atoms with Crippen LogP contribution in [0.1, 0.15) is 19.8 Å². The molecule has 1 aliphatic rings. The van der Waals surface area contributed by atoms with E-state index in [1.165, 1.54) is 0 Å². The number of allylic oxidation sites excluding steroid dienone is 3. The molecule has 0 spiro atoms. The van der Waals surface area contributed by atoms with Gasteiger partial charge in [-0.1, -0.05) is 24.3 Å². The monoisotopic (exact) mass is 182 g/mol. The molecule has 3 heteroatoms. The molecule has 0 aromatic heterocycles. The number of rotatable bonds is 3. The van der Waals surface area contributed by atoms with Crippen molar-refractivity contribution in [3.63, 3.8) is 0 Å². The van der Waals surface area contributed by atoms with Crippen LogP contribution in [-0.4, -0.2) is 23.3 Å². The Balaban J connectivity index is 2.39. The SMILES string of the molecule is C/C=C/C=C\[C@H](O)[C@H]1CCC(=O)O1. The Bertz CT molecular complexity index is 230. The standard InChI is InChI=1S/C10H14O3/c1-2-3-4-5-8(11)9-6-7-10(12)13-9/h2-5,8-9,11H,6-7H2,1H3/b3-2+,5-4-/t8-,9+/m0/s1. The fourth-order valence-electron chi connectivity index (χ4n) is 1.20. The maximum Gasteiger partial charge on any atom is 0.306 e. The summed E-state index contributed by atoms with van der Waals surface area (Å²) in [5.41, 5.74) is 0. The Labute approximate surface area is 77.7 Å². The molecule has 0 bridgehead atoms. The van der Waals surface area contributed by atoms with Gasteiger partial charge in [-0.2, -0.15) is 0 Å². The van der Waals surface area contributed by atoms with Crippen molar-refractivity contribution in [1.82, 2.24) is 0 Å². The van der Waals surface area contributed by atoms with Crippen molar-refractivity contribution >= 4 is 5.97 Å². The van der Waals surface area contributed by atoms with E-state index in [4.69, 9.17) is 4.74 Å². The number of hydrogen-bond acceptors (Lipinski definition) is 3. The molecule has 0 unspecified atom stereocenters. The lowest BCUT2D eigenvalue weighted by Crippen LogP contribution is -2.23. The molecule has 2 atom stereocenters. The van der Waals surface area contributed by atoms with Crippen molar-refractivity contribution in [2.24, 2.45) is 0 Å². The summed E-state index contributed by atoms with van der Waals surface area (Å²) in [5.74, 6) is -0.219. The van der Waals surface area contributed by atoms with Gasteiger partial charge in [0.05, 0.1) is 0 Å². The molecule has 1 N–H and O–H groups in total. The van der Waals surface area contributed by atoms with Crippen LogP contribution in [0.4, 0.5) is 0 Å². The Morgan fingerprint density at radius 3 is 2.92 bits per heavy atom. The molecule has 1 saturated heterocycles. The van der Waals surface area contributed by atoms with Crippen molar-refractivity contribution in [2.75, 3.05) is 0 Å². The zero-order valence-electron chi connectivity index (χ0n) is 7.64. The third-order valence-electron chi connectivity index (χ3n) is 1.91. The molecule has 0 aromatic carbocycles. The number of esters is 1. The summed E-state index contributed by atoms with van der Waals surface area (Å²) in [6.45, 7) is 1.90. The highest BCUT2D eigenvalue weighted by Crippen LogP contribution is 2.17. The first-order chi connectivity index (χ1) is 6.24. The first-order valence-corrected chi connectivity index (χ1v) is 4.41. The van der Waals surface area contributed by atoms with Crippen LogP contribution in [-0.2, 0) is 9.53 Å². The Morgan fingerprint density at radius 2 is 2.38 bits per heavy atom. The highest BCUT2D eigenvalue weighted by atomic mass is 16.6. The molecule has 72 valence electrons. The fourth-order valence-corrected chi connectivity index (χ4v) is 1.20. The van der Waals surface area contributed by atoms with Crippen LogP contribution in [0.25, 0.3) is 0 Å². The molecule has 1 rings (SSSR count). The van der Waals surface area contributed by atoms with Gasteiger partial charge < -0.3 is 9.84 Å². The zero-order chi connectivity index (χ0) is 9.68. The van der Waals surface area contributed by atoms with E-state index < -0.39 is 6.10 Å². The average molecular weight is 182 g/mol. The predicted molar refractivity (Wildman–Crippen MR) is 49.1 cm³/mol. The molecule has 1 aliphatic heterocycles. The third kappa shape index (κ3) is 3.03. The van der Waals surface area contributed by atoms with E-state index in [0.717, 1.165) is 0 Å². The largest absolute Gasteiger partial charge is 0.459 e. The lowest BCUT2D eigenvalue weighted by atomic mass is 10.1. The first kappa shape index (κ1) is 9.99. The minimum atomic E-state index is -0.678. The van der Waals surface area contributed by atoms with E-state index in [1.807, 2.05) is 19.1 Å². The summed E-state index contributed by atoms with van der Waals surface area (Å²) >= 11 is 0. The lowest BCUT2D eigenvalue weighted by Gasteiger charge is -2.12. The lowest BCUT2D eigenvalue weighted by molar-refractivity contribution is -0.144. The molecule has 1 fully saturated rings. The Kier molecular flexibility index (Phi) is 3.71. The van der Waals surface area contributed by atoms with Crippen LogP contribution in [0.3, 0.4) is 0 Å². The molecule has 13 heavy (non-hydrogen) atoms. The van der Waals surface area contributed by atoms with Gasteiger partial charge in [-0.15, -0.1) is 0 Å². The maximum atomic E-state index is 10.7. The van der Waals surface area contributed by atoms with Crippen LogP contribution < -0.4 is 0 Å². The predicted octanol–water partition coefficient (Wildman–Crippen LogP) is 1.19. The summed E-state index contributed by atoms with van der Waals surface area (Å²) in [4.78, 5) is 10.7. The van der Waals surface area contributed by atoms with E-state index in [9.17, 15) is 9.90 Å². The van der Waals surface area contributed by atoms with Gasteiger partial charge in [0, 0.05) is 6.42 Å². The van der Waals surface area contributed by atoms with Crippen LogP contribution in [0.5, 0.6) is 0 Å². The fraction of sp³-hybridized carbons (Fsp3) is 0.500. The van der Waals surface area contributed by atoms with E-state index >= 15 is 0 Å². The number of carbonyl (C=O) groups is 1. The van der Waals surface area contributed by atoms with Gasteiger partial charge in [0.15, 0.2) is 0 Å². The normalized spacial score (nSPS) is 25.7. The van der Waals surface area contributed by atoms with E-state index in [-0.39, 0.29) is 12.1 Å². The van der Waals surface area contributed by atoms with Crippen molar-refractivity contribution in [1.29, 1.82) is 0 Å². The first-order valence-electron chi connectivity index (χ1n) is 4.41. The van der Waals surface area contributed by atoms with E-state index in [2.05, 4.69) is 0 Å². The van der Waals surface area contributed by atoms with Crippen LogP contribution in [0, 0.1) is 0 Å². The summed E-state index contributed by atoms with van der Waals surface area (Å²) in [5, 5.41) is 9.50. The number of hydrogen-bond donors (Lipinski definition) is 1. The second-order valence-electron chi connectivity index (χ2n) is 2.97. The van der Waals surface area contributed by atoms with E-state index in [0.29, 0.717) is 12.8 Å². The van der Waals surface area contributed by atoms with Crippen LogP contribution >= 0.6 is 0 Å². The smallest absolute Gasteiger partial charge is 0.306 e. The molecule has 1 heterocycles. The van der Waals surface area contributed by atoms with Crippen molar-refractivity contribution < 1.29 is 14.6 Å². The second kappa shape index (κ2) is 4.82. The van der Waals surface area contributed by atoms with Gasteiger partial charge in [0.1, 0.15) is 12.2 Å². The van der Waals surface area contributed by atoms with Crippen LogP contribution in [0.15, 0.2) is 24.3 Å². The number of ether oxygens (including phenoxy) is 1. The molecule has 0 aliphatic carbocycles. The second-order valence-corrected chi connectivity index (χ2v) is 2.97. The summed E-state index contributed by atoms with van der Waals surface area (Å²) < 4.78 is 4.89. The number of aliphatic hydroxyl groups excluding tert-OH is 1. The average Bonchev–Trinajstić information content (AvgIpc) is 2.52. The molecular formula is C10H14O3. The molecule has 0 amide bonds. The van der Waals surface area contributed by atoms with Gasteiger partial charge in [-0.3, -0.25) is 4.79 Å². The molecule has 0 radical (unpaired) electrons. The number of carbonyl (C=O) groups excluding carboxylic acids is 1. The summed E-state index contributed by atoms with van der Waals surface area (Å²) in [6.07, 6.45) is 7.06. The highest BCUT2D eigenvalue weighted by molar-refractivity contribution is 5.71. The molecule has 3 nitrogen and oxygen atoms in total. The van der Waals surface area contributed by atoms with Crippen molar-refractivity contribution in [3.8, 4) is 0 Å². The van der Waals surface area contributed by atoms with Gasteiger partial charge >= 0.3 is 5.97 Å². The van der Waals surface area contributed by atoms with Gasteiger partial charge in [0.25, 0.3) is 0 Å². The minimum absolute atomic E-state index is 0.219. The summed E-state index contributed by atoms with van der Waals surface area (Å²) in [6, 6.07) is 0. The van der Waals surface area contributed by atoms with Crippen LogP contribution in [0.2, 0.25) is 0 Å². The van der Waals surface area contributed by atoms with Gasteiger partial charge in [0.2, 0.25) is 0 Å². The van der Waals surface area contributed by atoms with Crippen molar-refractivity contribution in [3.05, 3.63) is 24.3 Å². The topological polar surface area (TPSA) is 46.5 Å². The summed E-state index contributed by atoms with van der Waals surface area (Å²) in [7, 11) is 0. The highest BCUT2D eigenvalue weighted by Gasteiger charge is 2.27.